The summed E-state index contributed by atoms with van der Waals surface area (Å²) < 4.78 is 6.08. The Morgan fingerprint density at radius 1 is 0.195 bits per heavy atom. The van der Waals surface area contributed by atoms with E-state index in [1.807, 2.05) is 12.1 Å². The Labute approximate surface area is 698 Å². The van der Waals surface area contributed by atoms with Gasteiger partial charge in [-0.3, -0.25) is 0 Å². The Morgan fingerprint density at radius 3 is 0.805 bits per heavy atom. The molecule has 20 aromatic rings. The van der Waals surface area contributed by atoms with Crippen LogP contribution in [-0.2, 0) is 0 Å². The number of nitrogens with one attached hydrogen (secondary N) is 1. The van der Waals surface area contributed by atoms with E-state index in [0.717, 1.165) is 44.3 Å². The van der Waals surface area contributed by atoms with Gasteiger partial charge in [0.1, 0.15) is 0 Å². The van der Waals surface area contributed by atoms with Gasteiger partial charge in [0.2, 0.25) is 0 Å². The van der Waals surface area contributed by atoms with Gasteiger partial charge in [0.15, 0.2) is 0 Å². The lowest BCUT2D eigenvalue weighted by atomic mass is 9.97. The van der Waals surface area contributed by atoms with Crippen LogP contribution in [0.2, 0.25) is 0 Å². The third kappa shape index (κ3) is 14.2. The average molecular weight is 1570 g/mol. The summed E-state index contributed by atoms with van der Waals surface area (Å²) in [6.07, 6.45) is 0. The van der Waals surface area contributed by atoms with Gasteiger partial charge in [0, 0.05) is 77.1 Å². The molecule has 18 aromatic carbocycles. The van der Waals surface area contributed by atoms with Crippen molar-refractivity contribution in [3.05, 3.63) is 473 Å². The molecule has 2 aromatic heterocycles. The maximum atomic E-state index is 3.74. The van der Waals surface area contributed by atoms with Crippen molar-refractivity contribution < 1.29 is 0 Å². The normalized spacial score (nSPS) is 11.4. The lowest BCUT2D eigenvalue weighted by molar-refractivity contribution is 1.14. The largest absolute Gasteiger partial charge is 0.358 e. The molecule has 4 heterocycles. The van der Waals surface area contributed by atoms with Crippen LogP contribution in [0.4, 0.5) is 28.4 Å². The number of fused-ring (bicyclic) bond motifs is 14. The Bertz CT molecular complexity index is 6770. The van der Waals surface area contributed by atoms with Crippen molar-refractivity contribution in [1.82, 2.24) is 9.13 Å². The fraction of sp³-hybridized carbons (Fsp3) is 0. The zero-order valence-corrected chi connectivity index (χ0v) is 66.7. The van der Waals surface area contributed by atoms with E-state index < -0.39 is 0 Å². The second-order valence-corrected chi connectivity index (χ2v) is 30.6. The molecule has 0 fully saturated rings. The molecule has 1 N–H and O–H groups in total. The number of rotatable bonds is 11. The summed E-state index contributed by atoms with van der Waals surface area (Å²) in [7, 11) is 0. The van der Waals surface area contributed by atoms with Gasteiger partial charge < -0.3 is 26.8 Å². The van der Waals surface area contributed by atoms with Crippen molar-refractivity contribution in [2.24, 2.45) is 0 Å². The molecule has 5 heteroatoms. The molecule has 0 spiro atoms. The first-order valence-corrected chi connectivity index (χ1v) is 40.7. The monoisotopic (exact) mass is 1570 g/mol. The van der Waals surface area contributed by atoms with Gasteiger partial charge in [0.25, 0.3) is 0 Å². The fourth-order valence-electron chi connectivity index (χ4n) is 17.2. The van der Waals surface area contributed by atoms with E-state index in [4.69, 9.17) is 0 Å². The highest BCUT2D eigenvalue weighted by atomic mass is 79.9. The van der Waals surface area contributed by atoms with Crippen LogP contribution >= 0.6 is 15.9 Å². The van der Waals surface area contributed by atoms with E-state index in [0.29, 0.717) is 0 Å². The Hall–Kier alpha value is -14.9. The van der Waals surface area contributed by atoms with Crippen LogP contribution in [0.5, 0.6) is 0 Å². The number of halogens is 1. The van der Waals surface area contributed by atoms with Gasteiger partial charge in [-0.05, 0) is 198 Å². The van der Waals surface area contributed by atoms with Crippen LogP contribution in [0.15, 0.2) is 466 Å². The smallest absolute Gasteiger partial charge is 0.0641 e. The predicted octanol–water partition coefficient (Wildman–Crippen LogP) is 32.0. The fourth-order valence-corrected chi connectivity index (χ4v) is 17.7. The molecule has 0 unspecified atom stereocenters. The van der Waals surface area contributed by atoms with Crippen molar-refractivity contribution in [3.63, 3.8) is 0 Å². The molecular formula is C113H80BrN4-. The second-order valence-electron chi connectivity index (χ2n) is 29.7. The maximum absolute atomic E-state index is 3.74. The molecule has 0 saturated carbocycles. The molecule has 22 rings (SSSR count). The third-order valence-corrected chi connectivity index (χ3v) is 23.0. The molecular weight excluding hydrogens is 1490 g/mol. The van der Waals surface area contributed by atoms with E-state index in [9.17, 15) is 0 Å². The minimum Gasteiger partial charge on any atom is -0.358 e. The molecule has 0 amide bonds. The van der Waals surface area contributed by atoms with E-state index in [1.165, 1.54) is 156 Å². The molecule has 0 saturated heterocycles. The van der Waals surface area contributed by atoms with Crippen LogP contribution in [0.25, 0.3) is 167 Å². The summed E-state index contributed by atoms with van der Waals surface area (Å²) in [6, 6.07) is 166. The van der Waals surface area contributed by atoms with Crippen molar-refractivity contribution in [2.75, 3.05) is 10.2 Å². The van der Waals surface area contributed by atoms with Gasteiger partial charge in [-0.15, -0.1) is 0 Å². The lowest BCUT2D eigenvalue weighted by Crippen LogP contribution is -2.11. The zero-order chi connectivity index (χ0) is 78.0. The third-order valence-electron chi connectivity index (χ3n) is 22.5. The summed E-state index contributed by atoms with van der Waals surface area (Å²) in [5, 5.41) is 6.20. The molecule has 4 nitrogen and oxygen atoms in total. The number of para-hydroxylation sites is 6. The van der Waals surface area contributed by atoms with E-state index in [1.54, 1.807) is 0 Å². The summed E-state index contributed by atoms with van der Waals surface area (Å²) in [6.45, 7) is 0. The molecule has 2 aliphatic heterocycles. The van der Waals surface area contributed by atoms with Gasteiger partial charge in [-0.1, -0.05) is 368 Å². The molecule has 2 aliphatic rings. The number of hydrogen-bond donors (Lipinski definition) is 1. The zero-order valence-electron chi connectivity index (χ0n) is 65.1. The van der Waals surface area contributed by atoms with E-state index in [2.05, 4.69) is 484 Å². The number of benzene rings is 18. The lowest BCUT2D eigenvalue weighted by Gasteiger charge is -2.28. The standard InChI is InChI=1S/C56H38N2.C38H26N2.C18H13Br.CH3/c1-5-19-39(20-6-1)43-33-44(40-21-7-2-8-22-40)36-47(35-43)57-52-30-16-13-27-49(52)55-50-28-14-17-31-53(50)58(56(55)51-29-15-18-32-54(51)57)48-37-45(41-23-9-3-10-24-41)34-46(38-48)42-25-11-4-12-26-42;1-3-13-26(14-4-1)28-23-29(27-15-5-2-6-16-27)25-30(24-28)40-36-22-12-9-19-33(36)37-31-17-7-10-20-34(31)39-35-21-11-8-18-32(35)38(37)40;19-18-12-16(14-7-3-1-4-8-14)11-17(13-18)15-9-5-2-6-10-15;/h1-38H;1-25,39H;1-13H;1H3/q;;;-1. The van der Waals surface area contributed by atoms with Crippen molar-refractivity contribution >= 4 is 66.2 Å². The van der Waals surface area contributed by atoms with Crippen molar-refractivity contribution in [2.45, 2.75) is 0 Å². The van der Waals surface area contributed by atoms with Crippen LogP contribution in [0, 0.1) is 7.43 Å². The first-order chi connectivity index (χ1) is 58.0. The predicted molar refractivity (Wildman–Crippen MR) is 504 cm³/mol. The van der Waals surface area contributed by atoms with Crippen molar-refractivity contribution in [1.29, 1.82) is 0 Å². The minimum atomic E-state index is 0. The minimum absolute atomic E-state index is 0. The number of nitrogens with zero attached hydrogens (tertiary/aromatic N) is 3. The highest BCUT2D eigenvalue weighted by molar-refractivity contribution is 9.10. The van der Waals surface area contributed by atoms with Crippen LogP contribution in [0.1, 0.15) is 0 Å². The number of aromatic nitrogens is 2. The van der Waals surface area contributed by atoms with Crippen LogP contribution < -0.4 is 10.2 Å². The highest BCUT2D eigenvalue weighted by Gasteiger charge is 2.33. The van der Waals surface area contributed by atoms with Gasteiger partial charge in [0.05, 0.1) is 33.8 Å². The number of hydrogen-bond acceptors (Lipinski definition) is 2. The molecule has 0 bridgehead atoms. The maximum Gasteiger partial charge on any atom is 0.0641 e. The van der Waals surface area contributed by atoms with Crippen LogP contribution in [-0.4, -0.2) is 9.13 Å². The van der Waals surface area contributed by atoms with Crippen molar-refractivity contribution in [3.8, 4) is 145 Å². The molecule has 0 aliphatic carbocycles. The Morgan fingerprint density at radius 2 is 0.441 bits per heavy atom. The highest BCUT2D eigenvalue weighted by Crippen LogP contribution is 2.56. The van der Waals surface area contributed by atoms with E-state index >= 15 is 0 Å². The van der Waals surface area contributed by atoms with E-state index in [-0.39, 0.29) is 7.43 Å². The summed E-state index contributed by atoms with van der Waals surface area (Å²) >= 11 is 3.61. The second kappa shape index (κ2) is 32.5. The van der Waals surface area contributed by atoms with Crippen LogP contribution in [0.3, 0.4) is 0 Å². The Kier molecular flexibility index (Phi) is 20.2. The van der Waals surface area contributed by atoms with Gasteiger partial charge in [-0.2, -0.15) is 0 Å². The topological polar surface area (TPSA) is 25.1 Å². The molecule has 0 atom stereocenters. The molecule has 560 valence electrons. The first kappa shape index (κ1) is 73.3. The quantitative estimate of drug-likeness (QED) is 0.131. The Balaban J connectivity index is 0.000000132. The van der Waals surface area contributed by atoms with Gasteiger partial charge in [-0.25, -0.2) is 0 Å². The SMILES string of the molecule is Brc1cc(-c2ccccc2)cc(-c2ccccc2)c1.[CH3-].c1ccc(-c2cc(-c3ccccc3)cc(-n3c4c(c5ccccc53)-c3ccccc3Nc3ccccc3-4)c2)cc1.c1ccc(-c2cc(-c3ccccc3)cc(N3c4ccccc4-c4c(n(-c5cc(-c6ccccc6)cc(-c6ccccc6)c5)c5ccccc45)-c4ccccc43)c2)cc1. The van der Waals surface area contributed by atoms with Gasteiger partial charge >= 0.3 is 0 Å². The summed E-state index contributed by atoms with van der Waals surface area (Å²) in [5.74, 6) is 0. The summed E-state index contributed by atoms with van der Waals surface area (Å²) in [4.78, 5) is 2.48. The molecule has 0 radical (unpaired) electrons. The first-order valence-electron chi connectivity index (χ1n) is 39.9. The average Bonchev–Trinajstić information content (AvgIpc) is 1.56. The summed E-state index contributed by atoms with van der Waals surface area (Å²) in [5.41, 5.74) is 39.1. The number of anilines is 5. The molecule has 118 heavy (non-hydrogen) atoms.